The minimum absolute atomic E-state index is 0.239. The highest BCUT2D eigenvalue weighted by molar-refractivity contribution is 4.78. The Labute approximate surface area is 100 Å². The second-order valence-electron chi connectivity index (χ2n) is 5.46. The molecule has 3 atom stereocenters. The average Bonchev–Trinajstić information content (AvgIpc) is 2.26. The zero-order chi connectivity index (χ0) is 12.0. The molecule has 0 aliphatic heterocycles. The second kappa shape index (κ2) is 7.25. The van der Waals surface area contributed by atoms with Crippen molar-refractivity contribution in [2.75, 3.05) is 27.2 Å². The van der Waals surface area contributed by atoms with Crippen LogP contribution in [0.25, 0.3) is 0 Å². The summed E-state index contributed by atoms with van der Waals surface area (Å²) >= 11 is 0. The molecule has 0 bridgehead atoms. The molecule has 1 aliphatic rings. The van der Waals surface area contributed by atoms with E-state index in [2.05, 4.69) is 12.2 Å². The second-order valence-corrected chi connectivity index (χ2v) is 5.46. The summed E-state index contributed by atoms with van der Waals surface area (Å²) in [5.41, 5.74) is 0. The predicted octanol–water partition coefficient (Wildman–Crippen LogP) is 1.47. The van der Waals surface area contributed by atoms with E-state index in [0.717, 1.165) is 19.0 Å². The van der Waals surface area contributed by atoms with Crippen LogP contribution in [0.2, 0.25) is 0 Å². The highest BCUT2D eigenvalue weighted by Crippen LogP contribution is 2.26. The van der Waals surface area contributed by atoms with Gasteiger partial charge in [0.15, 0.2) is 0 Å². The molecule has 0 amide bonds. The summed E-state index contributed by atoms with van der Waals surface area (Å²) in [6, 6.07) is 0.635. The first-order valence-corrected chi connectivity index (χ1v) is 6.68. The quantitative estimate of drug-likeness (QED) is 0.722. The fraction of sp³-hybridized carbons (Fsp3) is 1.00. The third-order valence-electron chi connectivity index (χ3n) is 3.58. The van der Waals surface area contributed by atoms with Gasteiger partial charge in [-0.25, -0.2) is 0 Å². The minimum atomic E-state index is -0.239. The van der Waals surface area contributed by atoms with Gasteiger partial charge in [-0.05, 0) is 32.9 Å². The van der Waals surface area contributed by atoms with Crippen LogP contribution in [0.15, 0.2) is 0 Å². The monoisotopic (exact) mass is 228 g/mol. The smallest absolute Gasteiger partial charge is 0.0791 e. The lowest BCUT2D eigenvalue weighted by atomic mass is 9.84. The molecule has 0 aromatic carbocycles. The number of aliphatic hydroxyl groups excluding tert-OH is 1. The van der Waals surface area contributed by atoms with Gasteiger partial charge in [0.05, 0.1) is 6.10 Å². The minimum Gasteiger partial charge on any atom is -0.390 e. The van der Waals surface area contributed by atoms with Crippen LogP contribution in [-0.2, 0) is 0 Å². The molecular weight excluding hydrogens is 200 g/mol. The SMILES string of the molecule is CCC1CCCC(NCC(O)CN(C)C)C1. The van der Waals surface area contributed by atoms with Crippen LogP contribution in [0.3, 0.4) is 0 Å². The van der Waals surface area contributed by atoms with Crippen LogP contribution < -0.4 is 5.32 Å². The molecule has 3 heteroatoms. The standard InChI is InChI=1S/C13H28N2O/c1-4-11-6-5-7-12(8-11)14-9-13(16)10-15(2)3/h11-14,16H,4-10H2,1-3H3. The number of nitrogens with zero attached hydrogens (tertiary/aromatic N) is 1. The Morgan fingerprint density at radius 3 is 2.75 bits per heavy atom. The molecule has 0 aromatic rings. The summed E-state index contributed by atoms with van der Waals surface area (Å²) in [6.45, 7) is 3.77. The molecule has 16 heavy (non-hydrogen) atoms. The van der Waals surface area contributed by atoms with Gasteiger partial charge in [-0.15, -0.1) is 0 Å². The molecule has 1 fully saturated rings. The van der Waals surface area contributed by atoms with Crippen LogP contribution >= 0.6 is 0 Å². The summed E-state index contributed by atoms with van der Waals surface area (Å²) in [5.74, 6) is 0.900. The van der Waals surface area contributed by atoms with Crippen molar-refractivity contribution in [3.8, 4) is 0 Å². The van der Waals surface area contributed by atoms with Crippen LogP contribution in [-0.4, -0.2) is 49.3 Å². The van der Waals surface area contributed by atoms with Crippen molar-refractivity contribution in [2.45, 2.75) is 51.2 Å². The maximum atomic E-state index is 9.77. The molecule has 3 nitrogen and oxygen atoms in total. The lowest BCUT2D eigenvalue weighted by molar-refractivity contribution is 0.126. The van der Waals surface area contributed by atoms with E-state index in [-0.39, 0.29) is 6.10 Å². The highest BCUT2D eigenvalue weighted by Gasteiger charge is 2.20. The van der Waals surface area contributed by atoms with Gasteiger partial charge in [-0.3, -0.25) is 0 Å². The van der Waals surface area contributed by atoms with Crippen LogP contribution in [0, 0.1) is 5.92 Å². The van der Waals surface area contributed by atoms with Crippen molar-refractivity contribution in [3.63, 3.8) is 0 Å². The van der Waals surface area contributed by atoms with E-state index in [1.165, 1.54) is 32.1 Å². The van der Waals surface area contributed by atoms with Crippen molar-refractivity contribution >= 4 is 0 Å². The maximum absolute atomic E-state index is 9.77. The van der Waals surface area contributed by atoms with E-state index < -0.39 is 0 Å². The number of likely N-dealkylation sites (N-methyl/N-ethyl adjacent to an activating group) is 1. The topological polar surface area (TPSA) is 35.5 Å². The zero-order valence-corrected chi connectivity index (χ0v) is 11.1. The summed E-state index contributed by atoms with van der Waals surface area (Å²) in [4.78, 5) is 2.03. The van der Waals surface area contributed by atoms with E-state index in [1.54, 1.807) is 0 Å². The van der Waals surface area contributed by atoms with Crippen molar-refractivity contribution < 1.29 is 5.11 Å². The lowest BCUT2D eigenvalue weighted by Crippen LogP contribution is -2.41. The van der Waals surface area contributed by atoms with E-state index in [4.69, 9.17) is 0 Å². The van der Waals surface area contributed by atoms with Gasteiger partial charge in [0.25, 0.3) is 0 Å². The molecular formula is C13H28N2O. The Bertz CT molecular complexity index is 185. The Morgan fingerprint density at radius 2 is 2.12 bits per heavy atom. The van der Waals surface area contributed by atoms with Crippen LogP contribution in [0.5, 0.6) is 0 Å². The third kappa shape index (κ3) is 5.28. The first-order chi connectivity index (χ1) is 7.61. The number of hydrogen-bond acceptors (Lipinski definition) is 3. The van der Waals surface area contributed by atoms with Gasteiger partial charge in [-0.2, -0.15) is 0 Å². The summed E-state index contributed by atoms with van der Waals surface area (Å²) in [5, 5.41) is 13.3. The van der Waals surface area contributed by atoms with Gasteiger partial charge in [0, 0.05) is 19.1 Å². The molecule has 0 radical (unpaired) electrons. The predicted molar refractivity (Wildman–Crippen MR) is 68.6 cm³/mol. The summed E-state index contributed by atoms with van der Waals surface area (Å²) < 4.78 is 0. The first kappa shape index (κ1) is 13.9. The van der Waals surface area contributed by atoms with E-state index >= 15 is 0 Å². The number of nitrogens with one attached hydrogen (secondary N) is 1. The largest absolute Gasteiger partial charge is 0.390 e. The van der Waals surface area contributed by atoms with Gasteiger partial charge < -0.3 is 15.3 Å². The van der Waals surface area contributed by atoms with Crippen LogP contribution in [0.1, 0.15) is 39.0 Å². The molecule has 96 valence electrons. The number of aliphatic hydroxyl groups is 1. The normalized spacial score (nSPS) is 28.3. The fourth-order valence-corrected chi connectivity index (χ4v) is 2.64. The Hall–Kier alpha value is -0.120. The number of hydrogen-bond donors (Lipinski definition) is 2. The van der Waals surface area contributed by atoms with Gasteiger partial charge in [0.1, 0.15) is 0 Å². The molecule has 0 aromatic heterocycles. The summed E-state index contributed by atoms with van der Waals surface area (Å²) in [6.07, 6.45) is 6.39. The Kier molecular flexibility index (Phi) is 6.32. The molecule has 1 rings (SSSR count). The average molecular weight is 228 g/mol. The van der Waals surface area contributed by atoms with Crippen molar-refractivity contribution in [2.24, 2.45) is 5.92 Å². The molecule has 2 N–H and O–H groups in total. The Balaban J connectivity index is 2.16. The fourth-order valence-electron chi connectivity index (χ4n) is 2.64. The van der Waals surface area contributed by atoms with Crippen molar-refractivity contribution in [3.05, 3.63) is 0 Å². The van der Waals surface area contributed by atoms with E-state index in [1.807, 2.05) is 19.0 Å². The highest BCUT2D eigenvalue weighted by atomic mass is 16.3. The van der Waals surface area contributed by atoms with E-state index in [0.29, 0.717) is 6.04 Å². The van der Waals surface area contributed by atoms with Gasteiger partial charge in [0.2, 0.25) is 0 Å². The lowest BCUT2D eigenvalue weighted by Gasteiger charge is -2.30. The third-order valence-corrected chi connectivity index (χ3v) is 3.58. The van der Waals surface area contributed by atoms with Crippen LogP contribution in [0.4, 0.5) is 0 Å². The molecule has 0 spiro atoms. The molecule has 1 saturated carbocycles. The van der Waals surface area contributed by atoms with Crippen molar-refractivity contribution in [1.29, 1.82) is 0 Å². The first-order valence-electron chi connectivity index (χ1n) is 6.68. The number of rotatable bonds is 6. The molecule has 1 aliphatic carbocycles. The van der Waals surface area contributed by atoms with Crippen molar-refractivity contribution in [1.82, 2.24) is 10.2 Å². The Morgan fingerprint density at radius 1 is 1.38 bits per heavy atom. The molecule has 3 unspecified atom stereocenters. The zero-order valence-electron chi connectivity index (χ0n) is 11.1. The molecule has 0 heterocycles. The summed E-state index contributed by atoms with van der Waals surface area (Å²) in [7, 11) is 3.99. The van der Waals surface area contributed by atoms with E-state index in [9.17, 15) is 5.11 Å². The maximum Gasteiger partial charge on any atom is 0.0791 e. The molecule has 0 saturated heterocycles. The van der Waals surface area contributed by atoms with Gasteiger partial charge >= 0.3 is 0 Å². The van der Waals surface area contributed by atoms with Gasteiger partial charge in [-0.1, -0.05) is 26.2 Å².